The third-order valence-electron chi connectivity index (χ3n) is 1.18. The summed E-state index contributed by atoms with van der Waals surface area (Å²) in [5.41, 5.74) is -0.789. The Balaban J connectivity index is 3.27. The van der Waals surface area contributed by atoms with Crippen molar-refractivity contribution in [1.29, 1.82) is 0 Å². The van der Waals surface area contributed by atoms with Crippen molar-refractivity contribution < 1.29 is 13.2 Å². The number of hydrogen-bond acceptors (Lipinski definition) is 1. The maximum absolute atomic E-state index is 12.8. The number of aromatic nitrogens is 1. The normalized spacial score (nSPS) is 10.8. The molecule has 0 bridgehead atoms. The summed E-state index contributed by atoms with van der Waals surface area (Å²) < 4.78 is 36.8. The Labute approximate surface area is 79.7 Å². The third kappa shape index (κ3) is 1.72. The van der Waals surface area contributed by atoms with Crippen LogP contribution in [-0.4, -0.2) is 4.98 Å². The van der Waals surface area contributed by atoms with Crippen LogP contribution in [0.3, 0.4) is 0 Å². The molecule has 0 radical (unpaired) electrons. The van der Waals surface area contributed by atoms with Gasteiger partial charge in [-0.15, -0.1) is 0 Å². The second-order valence-electron chi connectivity index (χ2n) is 1.93. The third-order valence-corrected chi connectivity index (χ3v) is 2.35. The van der Waals surface area contributed by atoms with E-state index in [-0.39, 0.29) is 4.60 Å². The van der Waals surface area contributed by atoms with Gasteiger partial charge in [0.1, 0.15) is 9.63 Å². The minimum atomic E-state index is -2.90. The van der Waals surface area contributed by atoms with E-state index in [1.165, 1.54) is 0 Å². The van der Waals surface area contributed by atoms with Gasteiger partial charge in [0, 0.05) is 6.20 Å². The van der Waals surface area contributed by atoms with E-state index in [1.807, 2.05) is 0 Å². The predicted octanol–water partition coefficient (Wildman–Crippen LogP) is 3.57. The SMILES string of the molecule is Fc1c(C(F)F)cnc(Br)c1Cl. The van der Waals surface area contributed by atoms with Gasteiger partial charge in [-0.3, -0.25) is 0 Å². The second-order valence-corrected chi connectivity index (χ2v) is 3.06. The van der Waals surface area contributed by atoms with E-state index in [0.717, 1.165) is 6.20 Å². The van der Waals surface area contributed by atoms with Crippen LogP contribution in [-0.2, 0) is 0 Å². The Morgan fingerprint density at radius 2 is 2.08 bits per heavy atom. The molecule has 0 aromatic carbocycles. The molecule has 66 valence electrons. The number of hydrogen-bond donors (Lipinski definition) is 0. The molecule has 0 amide bonds. The predicted molar refractivity (Wildman–Crippen MR) is 41.9 cm³/mol. The van der Waals surface area contributed by atoms with Crippen LogP contribution in [0.4, 0.5) is 13.2 Å². The van der Waals surface area contributed by atoms with E-state index in [0.29, 0.717) is 0 Å². The van der Waals surface area contributed by atoms with Gasteiger partial charge in [0.2, 0.25) is 0 Å². The Hall–Kier alpha value is -0.290. The molecule has 12 heavy (non-hydrogen) atoms. The molecule has 0 unspecified atom stereocenters. The largest absolute Gasteiger partial charge is 0.268 e. The number of rotatable bonds is 1. The number of pyridine rings is 1. The van der Waals surface area contributed by atoms with Crippen molar-refractivity contribution in [3.63, 3.8) is 0 Å². The van der Waals surface area contributed by atoms with Crippen molar-refractivity contribution in [3.05, 3.63) is 27.2 Å². The maximum atomic E-state index is 12.8. The van der Waals surface area contributed by atoms with Crippen LogP contribution in [0.2, 0.25) is 5.02 Å². The van der Waals surface area contributed by atoms with Crippen LogP contribution >= 0.6 is 27.5 Å². The van der Waals surface area contributed by atoms with Gasteiger partial charge in [-0.2, -0.15) is 0 Å². The zero-order chi connectivity index (χ0) is 9.30. The highest BCUT2D eigenvalue weighted by molar-refractivity contribution is 9.10. The molecule has 1 aromatic heterocycles. The second kappa shape index (κ2) is 3.62. The first-order valence-electron chi connectivity index (χ1n) is 2.81. The zero-order valence-electron chi connectivity index (χ0n) is 5.49. The van der Waals surface area contributed by atoms with Crippen LogP contribution in [0.5, 0.6) is 0 Å². The molecule has 0 atom stereocenters. The van der Waals surface area contributed by atoms with Crippen LogP contribution in [0, 0.1) is 5.82 Å². The highest BCUT2D eigenvalue weighted by Crippen LogP contribution is 2.30. The van der Waals surface area contributed by atoms with Crippen molar-refractivity contribution in [1.82, 2.24) is 4.98 Å². The summed E-state index contributed by atoms with van der Waals surface area (Å²) in [6.07, 6.45) is -2.15. The highest BCUT2D eigenvalue weighted by atomic mass is 79.9. The van der Waals surface area contributed by atoms with Gasteiger partial charge < -0.3 is 0 Å². The first kappa shape index (κ1) is 9.80. The average Bonchev–Trinajstić information content (AvgIpc) is 2.00. The van der Waals surface area contributed by atoms with Crippen LogP contribution in [0.1, 0.15) is 12.0 Å². The van der Waals surface area contributed by atoms with Crippen molar-refractivity contribution in [2.45, 2.75) is 6.43 Å². The maximum Gasteiger partial charge on any atom is 0.268 e. The van der Waals surface area contributed by atoms with Gasteiger partial charge in [-0.25, -0.2) is 18.2 Å². The molecule has 0 saturated carbocycles. The lowest BCUT2D eigenvalue weighted by atomic mass is 10.3. The lowest BCUT2D eigenvalue weighted by Gasteiger charge is -2.02. The highest BCUT2D eigenvalue weighted by Gasteiger charge is 2.18. The van der Waals surface area contributed by atoms with E-state index < -0.39 is 22.8 Å². The Morgan fingerprint density at radius 1 is 1.50 bits per heavy atom. The van der Waals surface area contributed by atoms with Crippen molar-refractivity contribution >= 4 is 27.5 Å². The van der Waals surface area contributed by atoms with E-state index in [9.17, 15) is 13.2 Å². The number of halogens is 5. The zero-order valence-corrected chi connectivity index (χ0v) is 7.83. The van der Waals surface area contributed by atoms with Crippen molar-refractivity contribution in [2.24, 2.45) is 0 Å². The summed E-state index contributed by atoms with van der Waals surface area (Å²) in [6, 6.07) is 0. The fourth-order valence-corrected chi connectivity index (χ4v) is 1.04. The molecule has 0 aliphatic heterocycles. The van der Waals surface area contributed by atoms with E-state index in [2.05, 4.69) is 20.9 Å². The smallest absolute Gasteiger partial charge is 0.247 e. The number of alkyl halides is 2. The Kier molecular flexibility index (Phi) is 2.95. The fourth-order valence-electron chi connectivity index (χ4n) is 0.609. The van der Waals surface area contributed by atoms with Crippen LogP contribution in [0.15, 0.2) is 10.8 Å². The molecule has 0 aliphatic rings. The Bertz CT molecular complexity index is 305. The quantitative estimate of drug-likeness (QED) is 0.703. The van der Waals surface area contributed by atoms with E-state index in [1.54, 1.807) is 0 Å². The minimum Gasteiger partial charge on any atom is -0.247 e. The number of nitrogens with zero attached hydrogens (tertiary/aromatic N) is 1. The van der Waals surface area contributed by atoms with E-state index >= 15 is 0 Å². The summed E-state index contributed by atoms with van der Waals surface area (Å²) in [6.45, 7) is 0. The summed E-state index contributed by atoms with van der Waals surface area (Å²) >= 11 is 8.11. The van der Waals surface area contributed by atoms with Crippen LogP contribution < -0.4 is 0 Å². The van der Waals surface area contributed by atoms with Crippen molar-refractivity contribution in [3.8, 4) is 0 Å². The fraction of sp³-hybridized carbons (Fsp3) is 0.167. The summed E-state index contributed by atoms with van der Waals surface area (Å²) in [5.74, 6) is -1.13. The molecule has 0 saturated heterocycles. The van der Waals surface area contributed by atoms with E-state index in [4.69, 9.17) is 11.6 Å². The first-order valence-corrected chi connectivity index (χ1v) is 3.98. The molecule has 0 spiro atoms. The molecule has 0 fully saturated rings. The molecule has 1 aromatic rings. The molecule has 6 heteroatoms. The molecular formula is C6H2BrClF3N. The monoisotopic (exact) mass is 259 g/mol. The topological polar surface area (TPSA) is 12.9 Å². The molecule has 1 heterocycles. The van der Waals surface area contributed by atoms with Gasteiger partial charge in [-0.05, 0) is 15.9 Å². The van der Waals surface area contributed by atoms with Crippen LogP contribution in [0.25, 0.3) is 0 Å². The average molecular weight is 260 g/mol. The minimum absolute atomic E-state index is 0.0195. The Morgan fingerprint density at radius 3 is 2.58 bits per heavy atom. The molecule has 0 aliphatic carbocycles. The molecule has 0 N–H and O–H groups in total. The van der Waals surface area contributed by atoms with Gasteiger partial charge >= 0.3 is 0 Å². The van der Waals surface area contributed by atoms with Gasteiger partial charge in [0.25, 0.3) is 6.43 Å². The van der Waals surface area contributed by atoms with Gasteiger partial charge in [-0.1, -0.05) is 11.6 Å². The van der Waals surface area contributed by atoms with Gasteiger partial charge in [0.05, 0.1) is 5.56 Å². The summed E-state index contributed by atoms with van der Waals surface area (Å²) in [5, 5.41) is -0.423. The van der Waals surface area contributed by atoms with Gasteiger partial charge in [0.15, 0.2) is 5.82 Å². The molecule has 1 rings (SSSR count). The lowest BCUT2D eigenvalue weighted by Crippen LogP contribution is -1.94. The standard InChI is InChI=1S/C6H2BrClF3N/c7-5-3(8)4(9)2(1-12-5)6(10)11/h1,6H. The van der Waals surface area contributed by atoms with Crippen molar-refractivity contribution in [2.75, 3.05) is 0 Å². The molecule has 1 nitrogen and oxygen atoms in total. The summed E-state index contributed by atoms with van der Waals surface area (Å²) in [7, 11) is 0. The molecular weight excluding hydrogens is 258 g/mol. The summed E-state index contributed by atoms with van der Waals surface area (Å²) in [4.78, 5) is 3.43. The first-order chi connectivity index (χ1) is 5.54. The lowest BCUT2D eigenvalue weighted by molar-refractivity contribution is 0.146.